The number of ether oxygens (including phenoxy) is 2. The quantitative estimate of drug-likeness (QED) is 0.626. The molecule has 0 radical (unpaired) electrons. The molecule has 0 amide bonds. The van der Waals surface area contributed by atoms with Crippen LogP contribution in [-0.4, -0.2) is 31.4 Å². The van der Waals surface area contributed by atoms with E-state index in [9.17, 15) is 14.9 Å². The molecule has 0 saturated heterocycles. The Kier molecular flexibility index (Phi) is 4.53. The summed E-state index contributed by atoms with van der Waals surface area (Å²) >= 11 is 1.39. The molecule has 0 unspecified atom stereocenters. The Labute approximate surface area is 127 Å². The summed E-state index contributed by atoms with van der Waals surface area (Å²) < 4.78 is 9.55. The van der Waals surface area contributed by atoms with Gasteiger partial charge in [-0.3, -0.25) is 9.59 Å². The standard InChI is InChI=1S/C15H15NO4S/c1-19-13(17)15(14(18)20-2)10(9-16)8-12(15)21-11-6-4-3-5-7-11/h3-7,10,12H,8H2,1-2H3/t10-,12+/m1/s1. The fraction of sp³-hybridized carbons (Fsp3) is 0.400. The molecule has 1 aromatic rings. The van der Waals surface area contributed by atoms with Gasteiger partial charge in [-0.15, -0.1) is 11.8 Å². The average molecular weight is 305 g/mol. The van der Waals surface area contributed by atoms with Crippen LogP contribution in [0.5, 0.6) is 0 Å². The van der Waals surface area contributed by atoms with Crippen LogP contribution in [0, 0.1) is 22.7 Å². The van der Waals surface area contributed by atoms with Crippen molar-refractivity contribution in [1.29, 1.82) is 5.26 Å². The molecule has 1 aliphatic carbocycles. The first-order valence-corrected chi connectivity index (χ1v) is 7.27. The summed E-state index contributed by atoms with van der Waals surface area (Å²) in [6, 6.07) is 11.4. The van der Waals surface area contributed by atoms with Crippen molar-refractivity contribution in [1.82, 2.24) is 0 Å². The zero-order valence-corrected chi connectivity index (χ0v) is 12.6. The van der Waals surface area contributed by atoms with E-state index >= 15 is 0 Å². The molecule has 1 aliphatic rings. The Hall–Kier alpha value is -2.00. The predicted molar refractivity (Wildman–Crippen MR) is 76.3 cm³/mol. The van der Waals surface area contributed by atoms with Crippen LogP contribution in [0.4, 0.5) is 0 Å². The summed E-state index contributed by atoms with van der Waals surface area (Å²) in [6.45, 7) is 0. The lowest BCUT2D eigenvalue weighted by molar-refractivity contribution is -0.179. The van der Waals surface area contributed by atoms with Gasteiger partial charge in [0.1, 0.15) is 0 Å². The lowest BCUT2D eigenvalue weighted by atomic mass is 9.60. The zero-order chi connectivity index (χ0) is 15.5. The maximum Gasteiger partial charge on any atom is 0.325 e. The Balaban J connectivity index is 2.35. The molecule has 2 rings (SSSR count). The third kappa shape index (κ3) is 2.38. The molecule has 0 aliphatic heterocycles. The highest BCUT2D eigenvalue weighted by atomic mass is 32.2. The first-order valence-electron chi connectivity index (χ1n) is 6.39. The largest absolute Gasteiger partial charge is 0.468 e. The van der Waals surface area contributed by atoms with E-state index in [1.54, 1.807) is 0 Å². The van der Waals surface area contributed by atoms with E-state index in [1.807, 2.05) is 36.4 Å². The summed E-state index contributed by atoms with van der Waals surface area (Å²) in [5, 5.41) is 8.85. The summed E-state index contributed by atoms with van der Waals surface area (Å²) in [5.74, 6) is -2.14. The molecule has 6 heteroatoms. The van der Waals surface area contributed by atoms with Crippen molar-refractivity contribution in [3.63, 3.8) is 0 Å². The topological polar surface area (TPSA) is 76.4 Å². The van der Waals surface area contributed by atoms with Gasteiger partial charge in [0.25, 0.3) is 0 Å². The molecule has 2 atom stereocenters. The third-order valence-electron chi connectivity index (χ3n) is 3.73. The van der Waals surface area contributed by atoms with E-state index in [4.69, 9.17) is 9.47 Å². The van der Waals surface area contributed by atoms with Gasteiger partial charge in [-0.25, -0.2) is 0 Å². The van der Waals surface area contributed by atoms with Crippen LogP contribution >= 0.6 is 11.8 Å². The van der Waals surface area contributed by atoms with Crippen molar-refractivity contribution in [3.8, 4) is 6.07 Å². The Morgan fingerprint density at radius 2 is 1.81 bits per heavy atom. The smallest absolute Gasteiger partial charge is 0.325 e. The van der Waals surface area contributed by atoms with Crippen molar-refractivity contribution in [2.45, 2.75) is 16.6 Å². The van der Waals surface area contributed by atoms with Crippen LogP contribution in [0.15, 0.2) is 35.2 Å². The SMILES string of the molecule is COC(=O)C1(C(=O)OC)[C@@H](Sc2ccccc2)C[C@@H]1C#N. The third-order valence-corrected chi connectivity index (χ3v) is 5.12. The summed E-state index contributed by atoms with van der Waals surface area (Å²) in [4.78, 5) is 25.3. The molecule has 1 fully saturated rings. The fourth-order valence-corrected chi connectivity index (χ4v) is 4.05. The molecular formula is C15H15NO4S. The van der Waals surface area contributed by atoms with Gasteiger partial charge in [0, 0.05) is 10.1 Å². The van der Waals surface area contributed by atoms with Crippen molar-refractivity contribution in [2.75, 3.05) is 14.2 Å². The van der Waals surface area contributed by atoms with E-state index in [-0.39, 0.29) is 5.25 Å². The number of carbonyl (C=O) groups is 2. The van der Waals surface area contributed by atoms with Crippen LogP contribution in [0.25, 0.3) is 0 Å². The van der Waals surface area contributed by atoms with E-state index in [0.29, 0.717) is 6.42 Å². The average Bonchev–Trinajstić information content (AvgIpc) is 2.51. The molecule has 0 spiro atoms. The van der Waals surface area contributed by atoms with Crippen LogP contribution in [0.2, 0.25) is 0 Å². The summed E-state index contributed by atoms with van der Waals surface area (Å²) in [5.41, 5.74) is -1.54. The lowest BCUT2D eigenvalue weighted by Crippen LogP contribution is -2.62. The van der Waals surface area contributed by atoms with Crippen molar-refractivity contribution < 1.29 is 19.1 Å². The lowest BCUT2D eigenvalue weighted by Gasteiger charge is -2.47. The normalized spacial score (nSPS) is 22.5. The Morgan fingerprint density at radius 1 is 1.24 bits per heavy atom. The highest BCUT2D eigenvalue weighted by Gasteiger charge is 2.68. The molecule has 1 aromatic carbocycles. The van der Waals surface area contributed by atoms with E-state index < -0.39 is 23.3 Å². The van der Waals surface area contributed by atoms with Crippen molar-refractivity contribution >= 4 is 23.7 Å². The minimum Gasteiger partial charge on any atom is -0.468 e. The second kappa shape index (κ2) is 6.19. The van der Waals surface area contributed by atoms with Crippen LogP contribution in [-0.2, 0) is 19.1 Å². The molecule has 21 heavy (non-hydrogen) atoms. The van der Waals surface area contributed by atoms with Gasteiger partial charge in [0.2, 0.25) is 0 Å². The zero-order valence-electron chi connectivity index (χ0n) is 11.7. The molecule has 0 N–H and O–H groups in total. The number of benzene rings is 1. The highest BCUT2D eigenvalue weighted by Crippen LogP contribution is 2.55. The molecular weight excluding hydrogens is 290 g/mol. The van der Waals surface area contributed by atoms with Gasteiger partial charge in [0.05, 0.1) is 26.2 Å². The van der Waals surface area contributed by atoms with Crippen LogP contribution < -0.4 is 0 Å². The number of thioether (sulfide) groups is 1. The maximum absolute atomic E-state index is 12.2. The van der Waals surface area contributed by atoms with E-state index in [2.05, 4.69) is 0 Å². The summed E-state index contributed by atoms with van der Waals surface area (Å²) in [6.07, 6.45) is 0.445. The number of nitriles is 1. The Bertz CT molecular complexity index is 565. The van der Waals surface area contributed by atoms with Gasteiger partial charge in [-0.2, -0.15) is 5.26 Å². The van der Waals surface area contributed by atoms with E-state index in [1.165, 1.54) is 26.0 Å². The number of nitrogens with zero attached hydrogens (tertiary/aromatic N) is 1. The first kappa shape index (κ1) is 15.4. The molecule has 0 aromatic heterocycles. The second-order valence-corrected chi connectivity index (χ2v) is 5.97. The molecule has 0 bridgehead atoms. The molecule has 1 saturated carbocycles. The molecule has 0 heterocycles. The molecule has 5 nitrogen and oxygen atoms in total. The van der Waals surface area contributed by atoms with Gasteiger partial charge < -0.3 is 9.47 Å². The van der Waals surface area contributed by atoms with Gasteiger partial charge >= 0.3 is 11.9 Å². The number of rotatable bonds is 4. The minimum atomic E-state index is -1.54. The first-order chi connectivity index (χ1) is 10.1. The summed E-state index contributed by atoms with van der Waals surface area (Å²) in [7, 11) is 2.42. The minimum absolute atomic E-state index is 0.371. The van der Waals surface area contributed by atoms with Gasteiger partial charge in [-0.05, 0) is 18.6 Å². The van der Waals surface area contributed by atoms with Gasteiger partial charge in [-0.1, -0.05) is 18.2 Å². The number of hydrogen-bond acceptors (Lipinski definition) is 6. The number of hydrogen-bond donors (Lipinski definition) is 0. The number of methoxy groups -OCH3 is 2. The van der Waals surface area contributed by atoms with Crippen LogP contribution in [0.1, 0.15) is 6.42 Å². The maximum atomic E-state index is 12.2. The van der Waals surface area contributed by atoms with Crippen molar-refractivity contribution in [2.24, 2.45) is 11.3 Å². The second-order valence-electron chi connectivity index (χ2n) is 4.69. The number of carbonyl (C=O) groups excluding carboxylic acids is 2. The Morgan fingerprint density at radius 3 is 2.29 bits per heavy atom. The monoisotopic (exact) mass is 305 g/mol. The number of esters is 2. The van der Waals surface area contributed by atoms with Crippen molar-refractivity contribution in [3.05, 3.63) is 30.3 Å². The van der Waals surface area contributed by atoms with Crippen LogP contribution in [0.3, 0.4) is 0 Å². The van der Waals surface area contributed by atoms with Gasteiger partial charge in [0.15, 0.2) is 5.41 Å². The fourth-order valence-electron chi connectivity index (χ4n) is 2.58. The molecule has 110 valence electrons. The highest BCUT2D eigenvalue weighted by molar-refractivity contribution is 8.00. The predicted octanol–water partition coefficient (Wildman–Crippen LogP) is 2.02. The van der Waals surface area contributed by atoms with E-state index in [0.717, 1.165) is 4.90 Å².